The third-order valence-corrected chi connectivity index (χ3v) is 5.49. The molecule has 1 amide bonds. The first-order chi connectivity index (χ1) is 12.8. The van der Waals surface area contributed by atoms with Crippen molar-refractivity contribution < 1.29 is 9.21 Å². The minimum Gasteiger partial charge on any atom is -0.464 e. The highest BCUT2D eigenvalue weighted by molar-refractivity contribution is 5.76. The molecule has 26 heavy (non-hydrogen) atoms. The summed E-state index contributed by atoms with van der Waals surface area (Å²) in [4.78, 5) is 14.4. The van der Waals surface area contributed by atoms with Gasteiger partial charge in [0.2, 0.25) is 5.91 Å². The summed E-state index contributed by atoms with van der Waals surface area (Å²) in [5.41, 5.74) is 2.46. The summed E-state index contributed by atoms with van der Waals surface area (Å²) in [6.07, 6.45) is 8.24. The molecule has 1 saturated carbocycles. The Balaban J connectivity index is 1.25. The lowest BCUT2D eigenvalue weighted by Gasteiger charge is -2.32. The van der Waals surface area contributed by atoms with E-state index in [1.807, 2.05) is 12.1 Å². The SMILES string of the molecule is O=C(CC[C@H]1CCCN(Cc2ccc(-c3ccco3)cc2)C1)NC1CC1. The number of carbonyl (C=O) groups excluding carboxylic acids is 1. The fraction of sp³-hybridized carbons (Fsp3) is 0.500. The number of rotatable bonds is 7. The topological polar surface area (TPSA) is 45.5 Å². The van der Waals surface area contributed by atoms with Gasteiger partial charge in [0.25, 0.3) is 0 Å². The van der Waals surface area contributed by atoms with E-state index in [1.165, 1.54) is 31.2 Å². The number of likely N-dealkylation sites (tertiary alicyclic amines) is 1. The maximum atomic E-state index is 11.9. The van der Waals surface area contributed by atoms with Crippen LogP contribution in [0, 0.1) is 5.92 Å². The molecule has 1 saturated heterocycles. The van der Waals surface area contributed by atoms with E-state index in [1.54, 1.807) is 6.26 Å². The average Bonchev–Trinajstić information content (AvgIpc) is 3.30. The van der Waals surface area contributed by atoms with Crippen molar-refractivity contribution in [2.75, 3.05) is 13.1 Å². The summed E-state index contributed by atoms with van der Waals surface area (Å²) in [6, 6.07) is 13.1. The molecule has 1 aromatic heterocycles. The van der Waals surface area contributed by atoms with Gasteiger partial charge in [-0.15, -0.1) is 0 Å². The summed E-state index contributed by atoms with van der Waals surface area (Å²) in [6.45, 7) is 3.25. The quantitative estimate of drug-likeness (QED) is 0.811. The van der Waals surface area contributed by atoms with Crippen LogP contribution in [0.1, 0.15) is 44.1 Å². The molecule has 2 fully saturated rings. The predicted octanol–water partition coefficient (Wildman–Crippen LogP) is 4.22. The first-order valence-corrected chi connectivity index (χ1v) is 9.91. The van der Waals surface area contributed by atoms with Crippen LogP contribution in [0.2, 0.25) is 0 Å². The van der Waals surface area contributed by atoms with Crippen LogP contribution < -0.4 is 5.32 Å². The molecule has 2 aromatic rings. The summed E-state index contributed by atoms with van der Waals surface area (Å²) in [5, 5.41) is 3.10. The molecule has 2 aliphatic rings. The molecule has 0 radical (unpaired) electrons. The van der Waals surface area contributed by atoms with Crippen LogP contribution in [0.5, 0.6) is 0 Å². The van der Waals surface area contributed by atoms with Crippen molar-refractivity contribution in [1.82, 2.24) is 10.2 Å². The minimum absolute atomic E-state index is 0.248. The van der Waals surface area contributed by atoms with Crippen molar-refractivity contribution in [1.29, 1.82) is 0 Å². The van der Waals surface area contributed by atoms with Gasteiger partial charge < -0.3 is 9.73 Å². The van der Waals surface area contributed by atoms with E-state index in [0.717, 1.165) is 37.4 Å². The number of nitrogens with one attached hydrogen (secondary N) is 1. The summed E-state index contributed by atoms with van der Waals surface area (Å²) in [5.74, 6) is 1.81. The minimum atomic E-state index is 0.248. The largest absolute Gasteiger partial charge is 0.464 e. The van der Waals surface area contributed by atoms with Crippen molar-refractivity contribution in [3.63, 3.8) is 0 Å². The van der Waals surface area contributed by atoms with Gasteiger partial charge in [-0.25, -0.2) is 0 Å². The van der Waals surface area contributed by atoms with E-state index in [9.17, 15) is 4.79 Å². The highest BCUT2D eigenvalue weighted by Crippen LogP contribution is 2.25. The summed E-state index contributed by atoms with van der Waals surface area (Å²) >= 11 is 0. The van der Waals surface area contributed by atoms with E-state index >= 15 is 0 Å². The maximum Gasteiger partial charge on any atom is 0.220 e. The number of hydrogen-bond acceptors (Lipinski definition) is 3. The van der Waals surface area contributed by atoms with E-state index < -0.39 is 0 Å². The second kappa shape index (κ2) is 8.09. The Hall–Kier alpha value is -2.07. The first-order valence-electron chi connectivity index (χ1n) is 9.91. The van der Waals surface area contributed by atoms with Crippen molar-refractivity contribution in [3.8, 4) is 11.3 Å². The lowest BCUT2D eigenvalue weighted by molar-refractivity contribution is -0.121. The molecule has 0 unspecified atom stereocenters. The number of nitrogens with zero attached hydrogens (tertiary/aromatic N) is 1. The van der Waals surface area contributed by atoms with E-state index in [4.69, 9.17) is 4.42 Å². The first kappa shape index (κ1) is 17.3. The van der Waals surface area contributed by atoms with Crippen LogP contribution in [-0.4, -0.2) is 29.9 Å². The molecule has 1 aliphatic heterocycles. The second-order valence-electron chi connectivity index (χ2n) is 7.80. The van der Waals surface area contributed by atoms with Gasteiger partial charge in [0.05, 0.1) is 6.26 Å². The molecule has 1 aliphatic carbocycles. The number of carbonyl (C=O) groups is 1. The van der Waals surface area contributed by atoms with Crippen molar-refractivity contribution in [2.45, 2.75) is 51.1 Å². The molecule has 0 bridgehead atoms. The Morgan fingerprint density at radius 1 is 1.15 bits per heavy atom. The Labute approximate surface area is 155 Å². The van der Waals surface area contributed by atoms with Crippen molar-refractivity contribution in [3.05, 3.63) is 48.2 Å². The monoisotopic (exact) mass is 352 g/mol. The highest BCUT2D eigenvalue weighted by Gasteiger charge is 2.24. The second-order valence-corrected chi connectivity index (χ2v) is 7.80. The normalized spacial score (nSPS) is 20.8. The number of furan rings is 1. The molecule has 1 N–H and O–H groups in total. The molecule has 1 atom stereocenters. The van der Waals surface area contributed by atoms with E-state index in [-0.39, 0.29) is 5.91 Å². The van der Waals surface area contributed by atoms with Crippen LogP contribution in [0.25, 0.3) is 11.3 Å². The third-order valence-electron chi connectivity index (χ3n) is 5.49. The van der Waals surface area contributed by atoms with Gasteiger partial charge >= 0.3 is 0 Å². The van der Waals surface area contributed by atoms with Gasteiger partial charge in [0.1, 0.15) is 5.76 Å². The fourth-order valence-electron chi connectivity index (χ4n) is 3.87. The lowest BCUT2D eigenvalue weighted by atomic mass is 9.93. The Bertz CT molecular complexity index is 704. The van der Waals surface area contributed by atoms with Gasteiger partial charge in [0, 0.05) is 31.1 Å². The van der Waals surface area contributed by atoms with Gasteiger partial charge in [-0.2, -0.15) is 0 Å². The number of piperidine rings is 1. The Morgan fingerprint density at radius 2 is 2.00 bits per heavy atom. The third kappa shape index (κ3) is 4.76. The molecular weight excluding hydrogens is 324 g/mol. The zero-order valence-electron chi connectivity index (χ0n) is 15.3. The predicted molar refractivity (Wildman–Crippen MR) is 103 cm³/mol. The van der Waals surface area contributed by atoms with Gasteiger partial charge in [-0.3, -0.25) is 9.69 Å². The van der Waals surface area contributed by atoms with E-state index in [0.29, 0.717) is 18.4 Å². The molecule has 4 nitrogen and oxygen atoms in total. The number of hydrogen-bond donors (Lipinski definition) is 1. The van der Waals surface area contributed by atoms with Crippen LogP contribution >= 0.6 is 0 Å². The highest BCUT2D eigenvalue weighted by atomic mass is 16.3. The fourth-order valence-corrected chi connectivity index (χ4v) is 3.87. The smallest absolute Gasteiger partial charge is 0.220 e. The standard InChI is InChI=1S/C22H28N2O2/c25-22(23-20-10-11-20)12-7-17-3-1-13-24(15-17)16-18-5-8-19(9-6-18)21-4-2-14-26-21/h2,4-6,8-9,14,17,20H,1,3,7,10-13,15-16H2,(H,23,25)/t17-/m1/s1. The Morgan fingerprint density at radius 3 is 2.73 bits per heavy atom. The molecule has 2 heterocycles. The van der Waals surface area contributed by atoms with Gasteiger partial charge in [-0.05, 0) is 62.3 Å². The average molecular weight is 352 g/mol. The van der Waals surface area contributed by atoms with Gasteiger partial charge in [-0.1, -0.05) is 24.3 Å². The lowest BCUT2D eigenvalue weighted by Crippen LogP contribution is -2.35. The zero-order valence-corrected chi connectivity index (χ0v) is 15.3. The Kier molecular flexibility index (Phi) is 5.40. The van der Waals surface area contributed by atoms with E-state index in [2.05, 4.69) is 34.5 Å². The molecule has 4 rings (SSSR count). The summed E-state index contributed by atoms with van der Waals surface area (Å²) < 4.78 is 5.45. The van der Waals surface area contributed by atoms with Crippen LogP contribution in [0.15, 0.2) is 47.1 Å². The summed E-state index contributed by atoms with van der Waals surface area (Å²) in [7, 11) is 0. The molecule has 138 valence electrons. The van der Waals surface area contributed by atoms with Crippen LogP contribution in [0.4, 0.5) is 0 Å². The number of amides is 1. The van der Waals surface area contributed by atoms with Crippen molar-refractivity contribution >= 4 is 5.91 Å². The maximum absolute atomic E-state index is 11.9. The van der Waals surface area contributed by atoms with Gasteiger partial charge in [0.15, 0.2) is 0 Å². The zero-order chi connectivity index (χ0) is 17.8. The molecule has 0 spiro atoms. The molecular formula is C22H28N2O2. The molecule has 1 aromatic carbocycles. The van der Waals surface area contributed by atoms with Crippen molar-refractivity contribution in [2.24, 2.45) is 5.92 Å². The van der Waals surface area contributed by atoms with Crippen LogP contribution in [0.3, 0.4) is 0 Å². The van der Waals surface area contributed by atoms with Crippen LogP contribution in [-0.2, 0) is 11.3 Å². The number of benzene rings is 1. The molecule has 4 heteroatoms.